The highest BCUT2D eigenvalue weighted by Crippen LogP contribution is 2.26. The van der Waals surface area contributed by atoms with Crippen molar-refractivity contribution in [2.24, 2.45) is 0 Å². The third-order valence-electron chi connectivity index (χ3n) is 1.80. The average molecular weight is 247 g/mol. The lowest BCUT2D eigenvalue weighted by Crippen LogP contribution is -2.30. The summed E-state index contributed by atoms with van der Waals surface area (Å²) in [6, 6.07) is 0. The normalized spacial score (nSPS) is 16.1. The van der Waals surface area contributed by atoms with Crippen LogP contribution < -0.4 is 5.32 Å². The van der Waals surface area contributed by atoms with Crippen LogP contribution in [0.4, 0.5) is 5.95 Å². The van der Waals surface area contributed by atoms with E-state index in [1.807, 2.05) is 6.92 Å². The van der Waals surface area contributed by atoms with Gasteiger partial charge in [0.1, 0.15) is 0 Å². The predicted octanol–water partition coefficient (Wildman–Crippen LogP) is 1.45. The van der Waals surface area contributed by atoms with Gasteiger partial charge in [-0.05, 0) is 18.5 Å². The molecule has 7 heteroatoms. The van der Waals surface area contributed by atoms with Crippen LogP contribution in [0.3, 0.4) is 0 Å². The summed E-state index contributed by atoms with van der Waals surface area (Å²) in [6.07, 6.45) is 0. The molecule has 0 aromatic carbocycles. The molecule has 0 radical (unpaired) electrons. The fourth-order valence-electron chi connectivity index (χ4n) is 1.05. The molecule has 0 saturated carbocycles. The number of hydrogen-bond acceptors (Lipinski definition) is 6. The molecule has 1 N–H and O–H groups in total. The molecule has 5 nitrogen and oxygen atoms in total. The Labute approximate surface area is 97.0 Å². The van der Waals surface area contributed by atoms with E-state index in [4.69, 9.17) is 16.3 Å². The lowest BCUT2D eigenvalue weighted by atomic mass is 10.4. The van der Waals surface area contributed by atoms with E-state index in [2.05, 4.69) is 20.3 Å². The van der Waals surface area contributed by atoms with Crippen LogP contribution >= 0.6 is 23.4 Å². The molecule has 2 rings (SSSR count). The standard InChI is InChI=1S/C8H11ClN4OS/c1-2-10-7-11-6(9)12-8(13-7)15-5-3-14-4-5/h5H,2-4H2,1H3,(H,10,11,12,13). The average Bonchev–Trinajstić information content (AvgIpc) is 2.11. The van der Waals surface area contributed by atoms with Crippen LogP contribution in [0.1, 0.15) is 6.92 Å². The quantitative estimate of drug-likeness (QED) is 0.868. The van der Waals surface area contributed by atoms with Crippen molar-refractivity contribution in [1.82, 2.24) is 15.0 Å². The second-order valence-electron chi connectivity index (χ2n) is 3.02. The van der Waals surface area contributed by atoms with Crippen molar-refractivity contribution in [3.63, 3.8) is 0 Å². The maximum Gasteiger partial charge on any atom is 0.228 e. The smallest absolute Gasteiger partial charge is 0.228 e. The van der Waals surface area contributed by atoms with Crippen molar-refractivity contribution in [2.75, 3.05) is 25.1 Å². The van der Waals surface area contributed by atoms with Crippen LogP contribution in [-0.4, -0.2) is 40.0 Å². The molecule has 0 bridgehead atoms. The van der Waals surface area contributed by atoms with E-state index in [0.717, 1.165) is 19.8 Å². The lowest BCUT2D eigenvalue weighted by molar-refractivity contribution is 0.0454. The molecule has 0 spiro atoms. The first-order valence-electron chi connectivity index (χ1n) is 4.67. The number of ether oxygens (including phenoxy) is 1. The third-order valence-corrected chi connectivity index (χ3v) is 2.97. The van der Waals surface area contributed by atoms with Crippen molar-refractivity contribution < 1.29 is 4.74 Å². The second-order valence-corrected chi connectivity index (χ2v) is 4.62. The van der Waals surface area contributed by atoms with Gasteiger partial charge in [-0.3, -0.25) is 0 Å². The first kappa shape index (κ1) is 10.9. The minimum atomic E-state index is 0.226. The maximum absolute atomic E-state index is 5.78. The highest BCUT2D eigenvalue weighted by atomic mass is 35.5. The van der Waals surface area contributed by atoms with Gasteiger partial charge in [-0.15, -0.1) is 0 Å². The molecule has 0 amide bonds. The van der Waals surface area contributed by atoms with Crippen LogP contribution in [0.25, 0.3) is 0 Å². The van der Waals surface area contributed by atoms with Gasteiger partial charge in [0.2, 0.25) is 11.2 Å². The van der Waals surface area contributed by atoms with Gasteiger partial charge in [-0.1, -0.05) is 11.8 Å². The van der Waals surface area contributed by atoms with E-state index in [1.54, 1.807) is 11.8 Å². The molecule has 82 valence electrons. The highest BCUT2D eigenvalue weighted by Gasteiger charge is 2.21. The number of thioether (sulfide) groups is 1. The van der Waals surface area contributed by atoms with Gasteiger partial charge in [-0.2, -0.15) is 15.0 Å². The first-order valence-corrected chi connectivity index (χ1v) is 5.93. The van der Waals surface area contributed by atoms with Crippen molar-refractivity contribution in [3.05, 3.63) is 5.28 Å². The molecule has 1 fully saturated rings. The monoisotopic (exact) mass is 246 g/mol. The summed E-state index contributed by atoms with van der Waals surface area (Å²) in [5, 5.41) is 4.33. The Balaban J connectivity index is 2.07. The molecule has 0 atom stereocenters. The van der Waals surface area contributed by atoms with Crippen LogP contribution in [-0.2, 0) is 4.74 Å². The first-order chi connectivity index (χ1) is 7.28. The van der Waals surface area contributed by atoms with E-state index in [1.165, 1.54) is 0 Å². The number of halogens is 1. The minimum absolute atomic E-state index is 0.226. The van der Waals surface area contributed by atoms with Gasteiger partial charge < -0.3 is 10.1 Å². The third kappa shape index (κ3) is 2.93. The number of rotatable bonds is 4. The number of nitrogens with zero attached hydrogens (tertiary/aromatic N) is 3. The highest BCUT2D eigenvalue weighted by molar-refractivity contribution is 7.99. The van der Waals surface area contributed by atoms with Gasteiger partial charge in [-0.25, -0.2) is 0 Å². The van der Waals surface area contributed by atoms with E-state index >= 15 is 0 Å². The van der Waals surface area contributed by atoms with Gasteiger partial charge in [0.15, 0.2) is 5.16 Å². The van der Waals surface area contributed by atoms with Crippen LogP contribution in [0.2, 0.25) is 5.28 Å². The molecule has 1 saturated heterocycles. The van der Waals surface area contributed by atoms with Gasteiger partial charge in [0.25, 0.3) is 0 Å². The number of hydrogen-bond donors (Lipinski definition) is 1. The Morgan fingerprint density at radius 1 is 1.47 bits per heavy atom. The fraction of sp³-hybridized carbons (Fsp3) is 0.625. The number of aromatic nitrogens is 3. The second kappa shape index (κ2) is 4.96. The minimum Gasteiger partial charge on any atom is -0.379 e. The Morgan fingerprint density at radius 2 is 2.27 bits per heavy atom. The summed E-state index contributed by atoms with van der Waals surface area (Å²) in [5.41, 5.74) is 0. The summed E-state index contributed by atoms with van der Waals surface area (Å²) in [4.78, 5) is 12.2. The number of anilines is 1. The summed E-state index contributed by atoms with van der Waals surface area (Å²) in [6.45, 7) is 4.25. The zero-order chi connectivity index (χ0) is 10.7. The molecular weight excluding hydrogens is 236 g/mol. The van der Waals surface area contributed by atoms with Crippen molar-refractivity contribution in [2.45, 2.75) is 17.3 Å². The van der Waals surface area contributed by atoms with E-state index in [-0.39, 0.29) is 5.28 Å². The fourth-order valence-corrected chi connectivity index (χ4v) is 2.17. The topological polar surface area (TPSA) is 59.9 Å². The SMILES string of the molecule is CCNc1nc(Cl)nc(SC2COC2)n1. The molecule has 1 aliphatic heterocycles. The summed E-state index contributed by atoms with van der Waals surface area (Å²) in [5.74, 6) is 0.528. The lowest BCUT2D eigenvalue weighted by Gasteiger charge is -2.24. The Hall–Kier alpha value is -0.590. The van der Waals surface area contributed by atoms with E-state index < -0.39 is 0 Å². The zero-order valence-electron chi connectivity index (χ0n) is 8.23. The van der Waals surface area contributed by atoms with Crippen molar-refractivity contribution in [3.8, 4) is 0 Å². The molecular formula is C8H11ClN4OS. The number of nitrogens with one attached hydrogen (secondary N) is 1. The van der Waals surface area contributed by atoms with Crippen LogP contribution in [0.5, 0.6) is 0 Å². The van der Waals surface area contributed by atoms with Crippen molar-refractivity contribution in [1.29, 1.82) is 0 Å². The van der Waals surface area contributed by atoms with E-state index in [9.17, 15) is 0 Å². The maximum atomic E-state index is 5.78. The Kier molecular flexibility index (Phi) is 3.61. The zero-order valence-corrected chi connectivity index (χ0v) is 9.81. The summed E-state index contributed by atoms with van der Waals surface area (Å²) < 4.78 is 5.07. The van der Waals surface area contributed by atoms with Gasteiger partial charge in [0.05, 0.1) is 18.5 Å². The summed E-state index contributed by atoms with van der Waals surface area (Å²) >= 11 is 7.36. The van der Waals surface area contributed by atoms with Crippen LogP contribution in [0.15, 0.2) is 5.16 Å². The molecule has 1 aliphatic rings. The molecule has 1 aromatic heterocycles. The Morgan fingerprint density at radius 3 is 2.87 bits per heavy atom. The molecule has 1 aromatic rings. The van der Waals surface area contributed by atoms with Crippen molar-refractivity contribution >= 4 is 29.3 Å². The van der Waals surface area contributed by atoms with Crippen LogP contribution in [0, 0.1) is 0 Å². The van der Waals surface area contributed by atoms with E-state index in [0.29, 0.717) is 16.4 Å². The summed E-state index contributed by atoms with van der Waals surface area (Å²) in [7, 11) is 0. The molecule has 2 heterocycles. The van der Waals surface area contributed by atoms with Gasteiger partial charge >= 0.3 is 0 Å². The molecule has 0 aliphatic carbocycles. The van der Waals surface area contributed by atoms with Gasteiger partial charge in [0, 0.05) is 6.54 Å². The molecule has 15 heavy (non-hydrogen) atoms. The predicted molar refractivity (Wildman–Crippen MR) is 59.5 cm³/mol. The molecule has 0 unspecified atom stereocenters. The largest absolute Gasteiger partial charge is 0.379 e. The Bertz CT molecular complexity index is 347.